The van der Waals surface area contributed by atoms with Crippen molar-refractivity contribution in [3.8, 4) is 5.75 Å². The maximum absolute atomic E-state index is 12.6. The molecule has 1 amide bonds. The number of nitrogens with zero attached hydrogens (tertiary/aromatic N) is 4. The molecule has 0 aliphatic carbocycles. The van der Waals surface area contributed by atoms with Crippen LogP contribution in [0.25, 0.3) is 0 Å². The number of carbonyl (C=O) groups is 1. The van der Waals surface area contributed by atoms with E-state index in [-0.39, 0.29) is 0 Å². The van der Waals surface area contributed by atoms with Crippen molar-refractivity contribution in [2.45, 2.75) is 58.3 Å². The molecule has 28 heavy (non-hydrogen) atoms. The summed E-state index contributed by atoms with van der Waals surface area (Å²) in [6, 6.07) is 7.01. The van der Waals surface area contributed by atoms with Crippen LogP contribution in [0.5, 0.6) is 5.75 Å². The highest BCUT2D eigenvalue weighted by Gasteiger charge is 2.46. The van der Waals surface area contributed by atoms with E-state index in [9.17, 15) is 4.79 Å². The summed E-state index contributed by atoms with van der Waals surface area (Å²) in [7, 11) is 1.72. The van der Waals surface area contributed by atoms with Crippen molar-refractivity contribution in [2.24, 2.45) is 0 Å². The first-order chi connectivity index (χ1) is 13.6. The molecule has 2 atom stereocenters. The molecule has 2 aliphatic heterocycles. The number of ether oxygens (including phenoxy) is 1. The molecule has 6 heteroatoms. The number of fused-ring (bicyclic) bond motifs is 1. The van der Waals surface area contributed by atoms with Gasteiger partial charge in [-0.2, -0.15) is 5.10 Å². The molecule has 3 heterocycles. The molecule has 2 aliphatic rings. The zero-order valence-electron chi connectivity index (χ0n) is 17.1. The van der Waals surface area contributed by atoms with Gasteiger partial charge in [-0.1, -0.05) is 6.07 Å². The monoisotopic (exact) mass is 382 g/mol. The summed E-state index contributed by atoms with van der Waals surface area (Å²) in [5.41, 5.74) is 3.76. The Morgan fingerprint density at radius 2 is 2.04 bits per heavy atom. The van der Waals surface area contributed by atoms with Gasteiger partial charge in [-0.15, -0.1) is 0 Å². The van der Waals surface area contributed by atoms with E-state index < -0.39 is 0 Å². The van der Waals surface area contributed by atoms with Gasteiger partial charge in [0.05, 0.1) is 7.11 Å². The Bertz CT molecular complexity index is 833. The van der Waals surface area contributed by atoms with E-state index in [0.717, 1.165) is 44.8 Å². The second kappa shape index (κ2) is 7.95. The smallest absolute Gasteiger partial charge is 0.224 e. The SMILES string of the molecule is COc1cc(C)c(CN2CC[C@H]3[C@@H]2CC(=O)N3CCCn2cccn2)cc1C. The molecule has 1 aromatic carbocycles. The first-order valence-electron chi connectivity index (χ1n) is 10.2. The molecule has 2 aromatic rings. The van der Waals surface area contributed by atoms with Gasteiger partial charge in [0.25, 0.3) is 0 Å². The summed E-state index contributed by atoms with van der Waals surface area (Å²) in [4.78, 5) is 17.3. The highest BCUT2D eigenvalue weighted by atomic mass is 16.5. The summed E-state index contributed by atoms with van der Waals surface area (Å²) in [5, 5.41) is 4.25. The van der Waals surface area contributed by atoms with Gasteiger partial charge in [-0.3, -0.25) is 14.4 Å². The number of hydrogen-bond acceptors (Lipinski definition) is 4. The van der Waals surface area contributed by atoms with Crippen molar-refractivity contribution in [1.29, 1.82) is 0 Å². The van der Waals surface area contributed by atoms with Gasteiger partial charge in [-0.05, 0) is 55.5 Å². The van der Waals surface area contributed by atoms with Gasteiger partial charge in [-0.25, -0.2) is 0 Å². The number of aryl methyl sites for hydroxylation is 3. The summed E-state index contributed by atoms with van der Waals surface area (Å²) < 4.78 is 7.38. The van der Waals surface area contributed by atoms with Crippen LogP contribution in [0.15, 0.2) is 30.6 Å². The second-order valence-electron chi connectivity index (χ2n) is 8.06. The second-order valence-corrected chi connectivity index (χ2v) is 8.06. The molecule has 0 saturated carbocycles. The molecular formula is C22H30N4O2. The normalized spacial score (nSPS) is 22.1. The van der Waals surface area contributed by atoms with Gasteiger partial charge in [0, 0.05) is 57.1 Å². The molecular weight excluding hydrogens is 352 g/mol. The fourth-order valence-electron chi connectivity index (χ4n) is 4.79. The molecule has 2 saturated heterocycles. The Balaban J connectivity index is 1.39. The predicted octanol–water partition coefficient (Wildman–Crippen LogP) is 2.77. The van der Waals surface area contributed by atoms with Crippen LogP contribution < -0.4 is 4.74 Å². The Hall–Kier alpha value is -2.34. The average molecular weight is 383 g/mol. The number of hydrogen-bond donors (Lipinski definition) is 0. The zero-order valence-corrected chi connectivity index (χ0v) is 17.1. The maximum atomic E-state index is 12.6. The fraction of sp³-hybridized carbons (Fsp3) is 0.545. The van der Waals surface area contributed by atoms with Gasteiger partial charge >= 0.3 is 0 Å². The number of rotatable bonds is 7. The first kappa shape index (κ1) is 19.0. The lowest BCUT2D eigenvalue weighted by Gasteiger charge is -2.26. The van der Waals surface area contributed by atoms with Crippen molar-refractivity contribution in [3.63, 3.8) is 0 Å². The van der Waals surface area contributed by atoms with Crippen LogP contribution in [0, 0.1) is 13.8 Å². The first-order valence-corrected chi connectivity index (χ1v) is 10.2. The molecule has 0 N–H and O–H groups in total. The molecule has 4 rings (SSSR count). The number of methoxy groups -OCH3 is 1. The van der Waals surface area contributed by atoms with E-state index in [0.29, 0.717) is 24.4 Å². The van der Waals surface area contributed by atoms with Crippen molar-refractivity contribution in [3.05, 3.63) is 47.3 Å². The third kappa shape index (κ3) is 3.65. The Kier molecular flexibility index (Phi) is 5.40. The highest BCUT2D eigenvalue weighted by molar-refractivity contribution is 5.80. The van der Waals surface area contributed by atoms with E-state index >= 15 is 0 Å². The molecule has 2 fully saturated rings. The van der Waals surface area contributed by atoms with Gasteiger partial charge in [0.15, 0.2) is 0 Å². The number of benzene rings is 1. The lowest BCUT2D eigenvalue weighted by atomic mass is 10.0. The minimum atomic E-state index is 0.308. The minimum absolute atomic E-state index is 0.308. The topological polar surface area (TPSA) is 50.6 Å². The lowest BCUT2D eigenvalue weighted by molar-refractivity contribution is -0.129. The molecule has 0 bridgehead atoms. The van der Waals surface area contributed by atoms with Gasteiger partial charge < -0.3 is 9.64 Å². The van der Waals surface area contributed by atoms with Crippen LogP contribution in [0.2, 0.25) is 0 Å². The van der Waals surface area contributed by atoms with E-state index in [2.05, 4.69) is 40.9 Å². The number of amides is 1. The Labute approximate surface area is 167 Å². The summed E-state index contributed by atoms with van der Waals surface area (Å²) in [5.74, 6) is 1.25. The van der Waals surface area contributed by atoms with Crippen molar-refractivity contribution in [2.75, 3.05) is 20.2 Å². The number of likely N-dealkylation sites (tertiary alicyclic amines) is 2. The summed E-state index contributed by atoms with van der Waals surface area (Å²) in [6.07, 6.45) is 6.46. The van der Waals surface area contributed by atoms with Crippen LogP contribution in [0.3, 0.4) is 0 Å². The predicted molar refractivity (Wildman–Crippen MR) is 108 cm³/mol. The van der Waals surface area contributed by atoms with Crippen LogP contribution in [0.1, 0.15) is 36.0 Å². The lowest BCUT2D eigenvalue weighted by Crippen LogP contribution is -2.38. The van der Waals surface area contributed by atoms with Gasteiger partial charge in [0.1, 0.15) is 5.75 Å². The average Bonchev–Trinajstić information content (AvgIpc) is 3.38. The Morgan fingerprint density at radius 1 is 1.18 bits per heavy atom. The van der Waals surface area contributed by atoms with Crippen LogP contribution in [-0.4, -0.2) is 57.8 Å². The molecule has 0 radical (unpaired) electrons. The molecule has 0 unspecified atom stereocenters. The van der Waals surface area contributed by atoms with Crippen LogP contribution in [0.4, 0.5) is 0 Å². The molecule has 0 spiro atoms. The molecule has 1 aromatic heterocycles. The van der Waals surface area contributed by atoms with Crippen LogP contribution in [-0.2, 0) is 17.9 Å². The van der Waals surface area contributed by atoms with E-state index in [1.807, 2.05) is 16.9 Å². The minimum Gasteiger partial charge on any atom is -0.496 e. The quantitative estimate of drug-likeness (QED) is 0.739. The van der Waals surface area contributed by atoms with Gasteiger partial charge in [0.2, 0.25) is 5.91 Å². The highest BCUT2D eigenvalue weighted by Crippen LogP contribution is 2.34. The standard InChI is InChI=1S/C22H30N4O2/c1-16-13-21(28-3)17(2)12-18(16)15-24-11-6-19-20(24)14-22(27)26(19)10-5-9-25-8-4-7-23-25/h4,7-8,12-13,19-20H,5-6,9-11,14-15H2,1-3H3/t19-,20-/m0/s1. The van der Waals surface area contributed by atoms with E-state index in [1.165, 1.54) is 16.7 Å². The number of carbonyl (C=O) groups excluding carboxylic acids is 1. The largest absolute Gasteiger partial charge is 0.496 e. The van der Waals surface area contributed by atoms with Crippen molar-refractivity contribution >= 4 is 5.91 Å². The third-order valence-corrected chi connectivity index (χ3v) is 6.30. The van der Waals surface area contributed by atoms with E-state index in [1.54, 1.807) is 13.3 Å². The Morgan fingerprint density at radius 3 is 2.79 bits per heavy atom. The summed E-state index contributed by atoms with van der Waals surface area (Å²) >= 11 is 0. The fourth-order valence-corrected chi connectivity index (χ4v) is 4.79. The molecule has 6 nitrogen and oxygen atoms in total. The number of aromatic nitrogens is 2. The third-order valence-electron chi connectivity index (χ3n) is 6.30. The van der Waals surface area contributed by atoms with Crippen molar-refractivity contribution < 1.29 is 9.53 Å². The van der Waals surface area contributed by atoms with Crippen LogP contribution >= 0.6 is 0 Å². The zero-order chi connectivity index (χ0) is 19.7. The maximum Gasteiger partial charge on any atom is 0.224 e. The molecule has 150 valence electrons. The summed E-state index contributed by atoms with van der Waals surface area (Å²) in [6.45, 7) is 7.90. The van der Waals surface area contributed by atoms with E-state index in [4.69, 9.17) is 4.74 Å². The van der Waals surface area contributed by atoms with Crippen molar-refractivity contribution in [1.82, 2.24) is 19.6 Å².